The van der Waals surface area contributed by atoms with Crippen molar-refractivity contribution >= 4 is 5.91 Å². The van der Waals surface area contributed by atoms with Crippen LogP contribution in [-0.4, -0.2) is 26.9 Å². The molecule has 106 valence electrons. The summed E-state index contributed by atoms with van der Waals surface area (Å²) in [6.07, 6.45) is 6.31. The molecular formula is C13H23N5O. The molecule has 1 aromatic heterocycles. The number of hydrogen-bond donors (Lipinski definition) is 2. The summed E-state index contributed by atoms with van der Waals surface area (Å²) in [4.78, 5) is 12.1. The van der Waals surface area contributed by atoms with Gasteiger partial charge in [0.2, 0.25) is 5.91 Å². The minimum absolute atomic E-state index is 0.00169. The van der Waals surface area contributed by atoms with Gasteiger partial charge in [0.05, 0.1) is 11.7 Å². The van der Waals surface area contributed by atoms with E-state index in [1.54, 1.807) is 10.9 Å². The highest BCUT2D eigenvalue weighted by Crippen LogP contribution is 2.19. The summed E-state index contributed by atoms with van der Waals surface area (Å²) in [5, 5.41) is 11.1. The van der Waals surface area contributed by atoms with E-state index in [4.69, 9.17) is 5.73 Å². The molecule has 1 aromatic rings. The Labute approximate surface area is 113 Å². The van der Waals surface area contributed by atoms with Gasteiger partial charge in [-0.05, 0) is 33.6 Å². The van der Waals surface area contributed by atoms with Gasteiger partial charge in [0.15, 0.2) is 0 Å². The molecule has 1 saturated carbocycles. The molecule has 1 fully saturated rings. The van der Waals surface area contributed by atoms with Crippen molar-refractivity contribution in [1.82, 2.24) is 20.3 Å². The van der Waals surface area contributed by atoms with E-state index in [1.165, 1.54) is 12.8 Å². The largest absolute Gasteiger partial charge is 0.352 e. The summed E-state index contributed by atoms with van der Waals surface area (Å²) in [5.74, 6) is -0.00169. The Bertz CT molecular complexity index is 442. The van der Waals surface area contributed by atoms with E-state index in [9.17, 15) is 4.79 Å². The van der Waals surface area contributed by atoms with E-state index >= 15 is 0 Å². The van der Waals surface area contributed by atoms with Gasteiger partial charge in [0.25, 0.3) is 0 Å². The van der Waals surface area contributed by atoms with Crippen LogP contribution < -0.4 is 11.1 Å². The van der Waals surface area contributed by atoms with Crippen LogP contribution in [0.1, 0.15) is 58.2 Å². The Balaban J connectivity index is 2.00. The normalized spacial score (nSPS) is 18.5. The Morgan fingerprint density at radius 3 is 2.68 bits per heavy atom. The Hall–Kier alpha value is -1.43. The highest BCUT2D eigenvalue weighted by Gasteiger charge is 2.24. The van der Waals surface area contributed by atoms with Crippen LogP contribution in [0.5, 0.6) is 0 Å². The highest BCUT2D eigenvalue weighted by atomic mass is 16.2. The number of aromatic nitrogens is 3. The molecule has 1 amide bonds. The summed E-state index contributed by atoms with van der Waals surface area (Å²) in [6.45, 7) is 5.56. The fraction of sp³-hybridized carbons (Fsp3) is 0.769. The summed E-state index contributed by atoms with van der Waals surface area (Å²) in [6, 6.07) is -0.0342. The summed E-state index contributed by atoms with van der Waals surface area (Å²) < 4.78 is 1.58. The maximum absolute atomic E-state index is 12.1. The van der Waals surface area contributed by atoms with E-state index < -0.39 is 5.54 Å². The van der Waals surface area contributed by atoms with Gasteiger partial charge in [-0.3, -0.25) is 4.79 Å². The van der Waals surface area contributed by atoms with Crippen molar-refractivity contribution in [3.05, 3.63) is 11.9 Å². The highest BCUT2D eigenvalue weighted by molar-refractivity contribution is 5.80. The van der Waals surface area contributed by atoms with Gasteiger partial charge in [-0.25, -0.2) is 4.68 Å². The van der Waals surface area contributed by atoms with Gasteiger partial charge >= 0.3 is 0 Å². The zero-order valence-electron chi connectivity index (χ0n) is 11.9. The third-order valence-electron chi connectivity index (χ3n) is 3.65. The van der Waals surface area contributed by atoms with Crippen LogP contribution in [0.2, 0.25) is 0 Å². The van der Waals surface area contributed by atoms with E-state index in [1.807, 2.05) is 20.8 Å². The number of nitrogens with two attached hydrogens (primary N) is 1. The first-order valence-corrected chi connectivity index (χ1v) is 6.89. The summed E-state index contributed by atoms with van der Waals surface area (Å²) in [7, 11) is 0. The van der Waals surface area contributed by atoms with Gasteiger partial charge in [0, 0.05) is 6.04 Å². The van der Waals surface area contributed by atoms with E-state index in [-0.39, 0.29) is 11.9 Å². The fourth-order valence-electron chi connectivity index (χ4n) is 2.27. The molecule has 6 heteroatoms. The van der Waals surface area contributed by atoms with Crippen molar-refractivity contribution in [2.75, 3.05) is 0 Å². The molecule has 0 radical (unpaired) electrons. The third kappa shape index (κ3) is 3.32. The second kappa shape index (κ2) is 5.28. The first-order valence-electron chi connectivity index (χ1n) is 6.89. The van der Waals surface area contributed by atoms with Crippen LogP contribution in [0.25, 0.3) is 0 Å². The Kier molecular flexibility index (Phi) is 3.89. The van der Waals surface area contributed by atoms with Gasteiger partial charge in [-0.1, -0.05) is 18.1 Å². The number of rotatable bonds is 4. The zero-order valence-corrected chi connectivity index (χ0v) is 11.9. The van der Waals surface area contributed by atoms with Crippen LogP contribution in [0, 0.1) is 0 Å². The maximum atomic E-state index is 12.1. The number of carbonyl (C=O) groups is 1. The maximum Gasteiger partial charge on any atom is 0.244 e. The monoisotopic (exact) mass is 265 g/mol. The number of hydrogen-bond acceptors (Lipinski definition) is 4. The van der Waals surface area contributed by atoms with Gasteiger partial charge in [-0.2, -0.15) is 0 Å². The number of nitrogens with one attached hydrogen (secondary N) is 1. The molecule has 0 bridgehead atoms. The van der Waals surface area contributed by atoms with Crippen molar-refractivity contribution in [3.8, 4) is 0 Å². The topological polar surface area (TPSA) is 85.8 Å². The number of amides is 1. The van der Waals surface area contributed by atoms with Crippen LogP contribution in [-0.2, 0) is 10.3 Å². The predicted molar refractivity (Wildman–Crippen MR) is 72.3 cm³/mol. The zero-order chi connectivity index (χ0) is 14.0. The second-order valence-corrected chi connectivity index (χ2v) is 5.97. The van der Waals surface area contributed by atoms with Crippen LogP contribution in [0.4, 0.5) is 0 Å². The molecule has 1 heterocycles. The predicted octanol–water partition coefficient (Wildman–Crippen LogP) is 1.09. The van der Waals surface area contributed by atoms with Crippen LogP contribution >= 0.6 is 0 Å². The first kappa shape index (κ1) is 14.0. The molecular weight excluding hydrogens is 242 g/mol. The molecule has 2 rings (SSSR count). The van der Waals surface area contributed by atoms with Crippen LogP contribution in [0.3, 0.4) is 0 Å². The molecule has 0 aliphatic heterocycles. The molecule has 1 unspecified atom stereocenters. The molecule has 1 aliphatic carbocycles. The van der Waals surface area contributed by atoms with Crippen molar-refractivity contribution in [1.29, 1.82) is 0 Å². The quantitative estimate of drug-likeness (QED) is 0.853. The second-order valence-electron chi connectivity index (χ2n) is 5.97. The minimum Gasteiger partial charge on any atom is -0.352 e. The van der Waals surface area contributed by atoms with Crippen molar-refractivity contribution < 1.29 is 4.79 Å². The molecule has 1 atom stereocenters. The van der Waals surface area contributed by atoms with Crippen LogP contribution in [0.15, 0.2) is 6.20 Å². The Morgan fingerprint density at radius 2 is 2.16 bits per heavy atom. The van der Waals surface area contributed by atoms with Gasteiger partial charge in [0.1, 0.15) is 11.7 Å². The SMILES string of the molecule is CC(C(=O)NC1CCCC1)n1cc(C(C)(C)N)nn1. The molecule has 3 N–H and O–H groups in total. The summed E-state index contributed by atoms with van der Waals surface area (Å²) in [5.41, 5.74) is 6.11. The van der Waals surface area contributed by atoms with E-state index in [2.05, 4.69) is 15.6 Å². The molecule has 0 aromatic carbocycles. The first-order chi connectivity index (χ1) is 8.88. The summed E-state index contributed by atoms with van der Waals surface area (Å²) >= 11 is 0. The van der Waals surface area contributed by atoms with Crippen molar-refractivity contribution in [3.63, 3.8) is 0 Å². The Morgan fingerprint density at radius 1 is 1.53 bits per heavy atom. The van der Waals surface area contributed by atoms with Gasteiger partial charge in [-0.15, -0.1) is 5.10 Å². The lowest BCUT2D eigenvalue weighted by molar-refractivity contribution is -0.124. The number of carbonyl (C=O) groups excluding carboxylic acids is 1. The minimum atomic E-state index is -0.542. The van der Waals surface area contributed by atoms with Crippen molar-refractivity contribution in [2.24, 2.45) is 5.73 Å². The molecule has 0 spiro atoms. The average molecular weight is 265 g/mol. The standard InChI is InChI=1S/C13H23N5O/c1-9(12(19)15-10-6-4-5-7-10)18-8-11(16-17-18)13(2,3)14/h8-10H,4-7,14H2,1-3H3,(H,15,19). The van der Waals surface area contributed by atoms with E-state index in [0.29, 0.717) is 11.7 Å². The van der Waals surface area contributed by atoms with E-state index in [0.717, 1.165) is 12.8 Å². The average Bonchev–Trinajstić information content (AvgIpc) is 2.97. The van der Waals surface area contributed by atoms with Crippen molar-refractivity contribution in [2.45, 2.75) is 64.1 Å². The molecule has 6 nitrogen and oxygen atoms in total. The lowest BCUT2D eigenvalue weighted by Gasteiger charge is -2.17. The smallest absolute Gasteiger partial charge is 0.244 e. The fourth-order valence-corrected chi connectivity index (χ4v) is 2.27. The lowest BCUT2D eigenvalue weighted by Crippen LogP contribution is -2.37. The lowest BCUT2D eigenvalue weighted by atomic mass is 10.0. The van der Waals surface area contributed by atoms with Gasteiger partial charge < -0.3 is 11.1 Å². The molecule has 1 aliphatic rings. The molecule has 19 heavy (non-hydrogen) atoms. The molecule has 0 saturated heterocycles. The number of nitrogens with zero attached hydrogens (tertiary/aromatic N) is 3. The third-order valence-corrected chi connectivity index (χ3v) is 3.65.